The number of hydrogen-bond donors (Lipinski definition) is 1. The molecule has 176 valence electrons. The smallest absolute Gasteiger partial charge is 0.372 e. The zero-order valence-corrected chi connectivity index (χ0v) is 17.9. The molecule has 1 aromatic rings. The number of nitrogens with one attached hydrogen (secondary N) is 1. The van der Waals surface area contributed by atoms with Crippen molar-refractivity contribution in [1.82, 2.24) is 0 Å². The minimum Gasteiger partial charge on any atom is -0.462 e. The summed E-state index contributed by atoms with van der Waals surface area (Å²) in [6.45, 7) is 4.95. The first-order valence-electron chi connectivity index (χ1n) is 9.49. The van der Waals surface area contributed by atoms with Crippen LogP contribution in [0.3, 0.4) is 0 Å². The molecule has 0 fully saturated rings. The fourth-order valence-corrected chi connectivity index (χ4v) is 2.59. The van der Waals surface area contributed by atoms with Crippen LogP contribution < -0.4 is 5.32 Å². The minimum absolute atomic E-state index is 0.182. The van der Waals surface area contributed by atoms with E-state index >= 15 is 0 Å². The number of benzene rings is 1. The lowest BCUT2D eigenvalue weighted by atomic mass is 10.1. The molecule has 0 unspecified atom stereocenters. The quantitative estimate of drug-likeness (QED) is 0.120. The predicted octanol–water partition coefficient (Wildman–Crippen LogP) is 1.95. The second kappa shape index (κ2) is 11.5. The van der Waals surface area contributed by atoms with Crippen LogP contribution in [-0.2, 0) is 28.5 Å². The van der Waals surface area contributed by atoms with Gasteiger partial charge < -0.3 is 24.3 Å². The highest BCUT2D eigenvalue weighted by atomic mass is 16.6. The predicted molar refractivity (Wildman–Crippen MR) is 107 cm³/mol. The molecule has 0 aliphatic heterocycles. The number of rotatable bonds is 12. The fourth-order valence-electron chi connectivity index (χ4n) is 2.59. The second-order valence-corrected chi connectivity index (χ2v) is 5.80. The molecule has 0 aliphatic rings. The molecule has 32 heavy (non-hydrogen) atoms. The highest BCUT2D eigenvalue weighted by molar-refractivity contribution is 6.08. The molecule has 0 atom stereocenters. The first-order chi connectivity index (χ1) is 15.1. The first-order valence-corrected chi connectivity index (χ1v) is 9.49. The van der Waals surface area contributed by atoms with Crippen molar-refractivity contribution in [2.75, 3.05) is 31.7 Å². The summed E-state index contributed by atoms with van der Waals surface area (Å²) < 4.78 is 19.9. The van der Waals surface area contributed by atoms with Crippen LogP contribution in [0, 0.1) is 20.2 Å². The number of carbonyl (C=O) groups is 3. The molecule has 14 nitrogen and oxygen atoms in total. The Morgan fingerprint density at radius 3 is 1.81 bits per heavy atom. The van der Waals surface area contributed by atoms with Crippen molar-refractivity contribution in [2.24, 2.45) is 0 Å². The van der Waals surface area contributed by atoms with Gasteiger partial charge in [0.05, 0.1) is 41.4 Å². The van der Waals surface area contributed by atoms with Gasteiger partial charge in [0.1, 0.15) is 0 Å². The van der Waals surface area contributed by atoms with E-state index < -0.39 is 56.1 Å². The lowest BCUT2D eigenvalue weighted by Gasteiger charge is -2.30. The molecular formula is C18H23N3O11. The molecule has 0 heterocycles. The van der Waals surface area contributed by atoms with Crippen LogP contribution in [0.4, 0.5) is 17.1 Å². The standard InChI is InChI=1S/C18H23N3O11/c1-5-29-15(22)14-12(9-11(20(25)26)10-13(14)21(27)28)19-18(32-8-4,16(23)30-6-2)17(24)31-7-3/h9-10,19H,5-8H2,1-4H3. The third kappa shape index (κ3) is 5.66. The maximum Gasteiger partial charge on any atom is 0.372 e. The zero-order valence-electron chi connectivity index (χ0n) is 17.9. The molecule has 1 rings (SSSR count). The number of esters is 3. The van der Waals surface area contributed by atoms with Gasteiger partial charge >= 0.3 is 23.6 Å². The fraction of sp³-hybridized carbons (Fsp3) is 0.500. The van der Waals surface area contributed by atoms with Crippen molar-refractivity contribution in [3.8, 4) is 0 Å². The highest BCUT2D eigenvalue weighted by Crippen LogP contribution is 2.35. The lowest BCUT2D eigenvalue weighted by Crippen LogP contribution is -2.57. The van der Waals surface area contributed by atoms with Gasteiger partial charge in [-0.25, -0.2) is 14.4 Å². The van der Waals surface area contributed by atoms with Crippen LogP contribution in [0.15, 0.2) is 12.1 Å². The number of ether oxygens (including phenoxy) is 4. The highest BCUT2D eigenvalue weighted by Gasteiger charge is 2.52. The Kier molecular flexibility index (Phi) is 9.46. The van der Waals surface area contributed by atoms with Crippen molar-refractivity contribution in [2.45, 2.75) is 33.4 Å². The minimum atomic E-state index is -2.72. The topological polar surface area (TPSA) is 186 Å². The Morgan fingerprint density at radius 1 is 0.875 bits per heavy atom. The van der Waals surface area contributed by atoms with Gasteiger partial charge in [0, 0.05) is 12.7 Å². The number of nitro benzene ring substituents is 2. The van der Waals surface area contributed by atoms with E-state index in [1.54, 1.807) is 0 Å². The third-order valence-corrected chi connectivity index (χ3v) is 3.79. The molecule has 1 aromatic carbocycles. The van der Waals surface area contributed by atoms with Crippen molar-refractivity contribution in [3.63, 3.8) is 0 Å². The van der Waals surface area contributed by atoms with E-state index in [1.165, 1.54) is 27.7 Å². The van der Waals surface area contributed by atoms with Gasteiger partial charge in [-0.3, -0.25) is 20.2 Å². The second-order valence-electron chi connectivity index (χ2n) is 5.80. The average Bonchev–Trinajstić information content (AvgIpc) is 2.72. The summed E-state index contributed by atoms with van der Waals surface area (Å²) in [5.74, 6) is -3.80. The molecule has 14 heteroatoms. The summed E-state index contributed by atoms with van der Waals surface area (Å²) in [4.78, 5) is 58.8. The Bertz CT molecular complexity index is 882. The SMILES string of the molecule is CCOC(=O)c1c(NC(OCC)(C(=O)OCC)C(=O)OCC)cc([N+](=O)[O-])cc1[N+](=O)[O-]. The van der Waals surface area contributed by atoms with Crippen molar-refractivity contribution >= 4 is 35.0 Å². The Morgan fingerprint density at radius 2 is 1.41 bits per heavy atom. The van der Waals surface area contributed by atoms with E-state index in [-0.39, 0.29) is 26.4 Å². The Labute approximate surface area is 182 Å². The van der Waals surface area contributed by atoms with E-state index in [1.807, 2.05) is 0 Å². The molecule has 0 aromatic heterocycles. The monoisotopic (exact) mass is 457 g/mol. The summed E-state index contributed by atoms with van der Waals surface area (Å²) in [6.07, 6.45) is 0. The maximum atomic E-state index is 12.7. The van der Waals surface area contributed by atoms with E-state index in [2.05, 4.69) is 5.32 Å². The van der Waals surface area contributed by atoms with Gasteiger partial charge in [0.25, 0.3) is 11.4 Å². The summed E-state index contributed by atoms with van der Waals surface area (Å²) in [7, 11) is 0. The number of nitro groups is 2. The van der Waals surface area contributed by atoms with Gasteiger partial charge in [-0.1, -0.05) is 0 Å². The van der Waals surface area contributed by atoms with Crippen molar-refractivity contribution < 1.29 is 43.2 Å². The average molecular weight is 457 g/mol. The van der Waals surface area contributed by atoms with Crippen molar-refractivity contribution in [3.05, 3.63) is 37.9 Å². The molecule has 1 N–H and O–H groups in total. The Hall–Kier alpha value is -3.81. The van der Waals surface area contributed by atoms with E-state index in [9.17, 15) is 34.6 Å². The molecule has 0 amide bonds. The van der Waals surface area contributed by atoms with Gasteiger partial charge in [0.15, 0.2) is 5.56 Å². The van der Waals surface area contributed by atoms with Crippen LogP contribution in [0.25, 0.3) is 0 Å². The van der Waals surface area contributed by atoms with E-state index in [0.717, 1.165) is 6.07 Å². The van der Waals surface area contributed by atoms with Gasteiger partial charge in [-0.2, -0.15) is 0 Å². The summed E-state index contributed by atoms with van der Waals surface area (Å²) in [5, 5.41) is 25.2. The zero-order chi connectivity index (χ0) is 24.5. The summed E-state index contributed by atoms with van der Waals surface area (Å²) >= 11 is 0. The summed E-state index contributed by atoms with van der Waals surface area (Å²) in [6, 6.07) is 1.28. The van der Waals surface area contributed by atoms with Gasteiger partial charge in [0.2, 0.25) is 0 Å². The van der Waals surface area contributed by atoms with Crippen LogP contribution >= 0.6 is 0 Å². The van der Waals surface area contributed by atoms with Crippen LogP contribution in [-0.4, -0.2) is 59.9 Å². The molecule has 0 aliphatic carbocycles. The molecule has 0 saturated carbocycles. The van der Waals surface area contributed by atoms with Gasteiger partial charge in [-0.05, 0) is 27.7 Å². The molecule has 0 spiro atoms. The third-order valence-electron chi connectivity index (χ3n) is 3.79. The van der Waals surface area contributed by atoms with Crippen LogP contribution in [0.2, 0.25) is 0 Å². The van der Waals surface area contributed by atoms with E-state index in [0.29, 0.717) is 6.07 Å². The molecule has 0 saturated heterocycles. The van der Waals surface area contributed by atoms with Crippen LogP contribution in [0.5, 0.6) is 0 Å². The first kappa shape index (κ1) is 26.2. The van der Waals surface area contributed by atoms with Crippen molar-refractivity contribution in [1.29, 1.82) is 0 Å². The van der Waals surface area contributed by atoms with E-state index in [4.69, 9.17) is 18.9 Å². The summed E-state index contributed by atoms with van der Waals surface area (Å²) in [5.41, 5.74) is -5.91. The molecule has 0 bridgehead atoms. The number of carbonyl (C=O) groups excluding carboxylic acids is 3. The number of hydrogen-bond acceptors (Lipinski definition) is 12. The Balaban J connectivity index is 3.91. The lowest BCUT2D eigenvalue weighted by molar-refractivity contribution is -0.394. The van der Waals surface area contributed by atoms with Gasteiger partial charge in [-0.15, -0.1) is 0 Å². The molecular weight excluding hydrogens is 434 g/mol. The van der Waals surface area contributed by atoms with Crippen LogP contribution in [0.1, 0.15) is 38.1 Å². The normalized spacial score (nSPS) is 10.8. The molecule has 0 radical (unpaired) electrons. The largest absolute Gasteiger partial charge is 0.462 e. The number of nitrogens with zero attached hydrogens (tertiary/aromatic N) is 2. The number of non-ortho nitro benzene ring substituents is 1. The maximum absolute atomic E-state index is 12.7. The number of anilines is 1.